The van der Waals surface area contributed by atoms with E-state index in [-0.39, 0.29) is 0 Å². The first-order valence-electron chi connectivity index (χ1n) is 4.55. The minimum absolute atomic E-state index is 0.719. The normalized spacial score (nSPS) is 12.4. The molecule has 0 saturated heterocycles. The van der Waals surface area contributed by atoms with Crippen molar-refractivity contribution in [3.8, 4) is 11.1 Å². The minimum Gasteiger partial charge on any atom is -0.0843 e. The molecule has 0 aromatic heterocycles. The van der Waals surface area contributed by atoms with Crippen molar-refractivity contribution in [1.29, 1.82) is 0 Å². The number of halogens is 2. The molecule has 0 unspecified atom stereocenters. The van der Waals surface area contributed by atoms with Crippen molar-refractivity contribution in [1.82, 2.24) is 5.32 Å². The van der Waals surface area contributed by atoms with Gasteiger partial charge >= 0.3 is 0 Å². The summed E-state index contributed by atoms with van der Waals surface area (Å²) in [6.07, 6.45) is 0. The van der Waals surface area contributed by atoms with Crippen LogP contribution in [0.2, 0.25) is 10.0 Å². The van der Waals surface area contributed by atoms with Gasteiger partial charge in [-0.2, -0.15) is 0 Å². The average Bonchev–Trinajstić information content (AvgIpc) is 2.56. The summed E-state index contributed by atoms with van der Waals surface area (Å²) in [5, 5.41) is 5.92. The van der Waals surface area contributed by atoms with Gasteiger partial charge in [0.25, 0.3) is 11.4 Å². The molecule has 72 valence electrons. The summed E-state index contributed by atoms with van der Waals surface area (Å²) in [5.41, 5.74) is 4.02. The van der Waals surface area contributed by atoms with E-state index < -0.39 is 0 Å². The highest BCUT2D eigenvalue weighted by atomic mass is 35.5. The van der Waals surface area contributed by atoms with Crippen LogP contribution in [-0.2, 0) is 0 Å². The lowest BCUT2D eigenvalue weighted by molar-refractivity contribution is 1.24. The summed E-state index contributed by atoms with van der Waals surface area (Å²) in [6.45, 7) is 0. The molecule has 3 heteroatoms. The fraction of sp³-hybridized carbons (Fsp3) is 0. The van der Waals surface area contributed by atoms with Crippen LogP contribution in [0.4, 0.5) is 11.4 Å². The number of hydrogen-bond donors (Lipinski definition) is 0. The SMILES string of the molecule is Clc1ccc2c(c1)-c1cc(Cl)ccc1[N+]2. The van der Waals surface area contributed by atoms with Crippen LogP contribution in [0, 0.1) is 0 Å². The molecule has 2 aromatic rings. The predicted molar refractivity (Wildman–Crippen MR) is 63.4 cm³/mol. The quantitative estimate of drug-likeness (QED) is 0.543. The third kappa shape index (κ3) is 1.44. The van der Waals surface area contributed by atoms with Gasteiger partial charge in [-0.3, -0.25) is 0 Å². The first-order chi connectivity index (χ1) is 7.24. The van der Waals surface area contributed by atoms with E-state index in [4.69, 9.17) is 23.2 Å². The molecule has 1 nitrogen and oxygen atoms in total. The van der Waals surface area contributed by atoms with Gasteiger partial charge < -0.3 is 0 Å². The fourth-order valence-electron chi connectivity index (χ4n) is 1.77. The van der Waals surface area contributed by atoms with Crippen LogP contribution in [0.5, 0.6) is 0 Å². The van der Waals surface area contributed by atoms with Crippen LogP contribution in [0.3, 0.4) is 0 Å². The largest absolute Gasteiger partial charge is 0.261 e. The molecular formula is C12H6Cl2N+. The van der Waals surface area contributed by atoms with E-state index >= 15 is 0 Å². The predicted octanol–water partition coefficient (Wildman–Crippen LogP) is 4.54. The second-order valence-corrected chi connectivity index (χ2v) is 4.31. The van der Waals surface area contributed by atoms with Crippen molar-refractivity contribution in [2.45, 2.75) is 0 Å². The Kier molecular flexibility index (Phi) is 1.99. The van der Waals surface area contributed by atoms with Crippen LogP contribution < -0.4 is 5.32 Å². The molecule has 2 radical (unpaired) electrons. The summed E-state index contributed by atoms with van der Waals surface area (Å²) >= 11 is 11.9. The van der Waals surface area contributed by atoms with Gasteiger partial charge in [0.05, 0.1) is 11.1 Å². The number of nitrogens with zero attached hydrogens (tertiary/aromatic N) is 1. The van der Waals surface area contributed by atoms with E-state index in [0.717, 1.165) is 32.5 Å². The third-order valence-electron chi connectivity index (χ3n) is 2.45. The number of fused-ring (bicyclic) bond motifs is 3. The van der Waals surface area contributed by atoms with Crippen molar-refractivity contribution < 1.29 is 0 Å². The van der Waals surface area contributed by atoms with Gasteiger partial charge in [0.1, 0.15) is 5.32 Å². The van der Waals surface area contributed by atoms with Gasteiger partial charge in [-0.25, -0.2) is 0 Å². The van der Waals surface area contributed by atoms with E-state index in [1.54, 1.807) is 0 Å². The van der Waals surface area contributed by atoms with Crippen molar-refractivity contribution in [3.05, 3.63) is 46.4 Å². The van der Waals surface area contributed by atoms with E-state index in [9.17, 15) is 0 Å². The van der Waals surface area contributed by atoms with E-state index in [2.05, 4.69) is 5.32 Å². The summed E-state index contributed by atoms with van der Waals surface area (Å²) in [4.78, 5) is 0. The fourth-order valence-corrected chi connectivity index (χ4v) is 2.12. The van der Waals surface area contributed by atoms with Crippen LogP contribution in [0.1, 0.15) is 0 Å². The molecule has 0 saturated carbocycles. The van der Waals surface area contributed by atoms with E-state index in [0.29, 0.717) is 0 Å². The maximum atomic E-state index is 5.95. The summed E-state index contributed by atoms with van der Waals surface area (Å²) in [6, 6.07) is 11.4. The van der Waals surface area contributed by atoms with Crippen LogP contribution in [0.25, 0.3) is 11.1 Å². The Morgan fingerprint density at radius 3 is 1.67 bits per heavy atom. The summed E-state index contributed by atoms with van der Waals surface area (Å²) < 4.78 is 0. The molecule has 0 atom stereocenters. The molecule has 0 aliphatic carbocycles. The molecule has 2 aromatic carbocycles. The van der Waals surface area contributed by atoms with Crippen molar-refractivity contribution >= 4 is 34.6 Å². The molecule has 0 fully saturated rings. The minimum atomic E-state index is 0.719. The Hall–Kier alpha value is -1.02. The number of rotatable bonds is 0. The second-order valence-electron chi connectivity index (χ2n) is 3.43. The number of benzene rings is 2. The van der Waals surface area contributed by atoms with Crippen molar-refractivity contribution in [2.24, 2.45) is 0 Å². The molecular weight excluding hydrogens is 229 g/mol. The van der Waals surface area contributed by atoms with Crippen molar-refractivity contribution in [3.63, 3.8) is 0 Å². The molecule has 0 amide bonds. The highest BCUT2D eigenvalue weighted by Crippen LogP contribution is 2.44. The maximum absolute atomic E-state index is 5.95. The standard InChI is InChI=1S/C12H6Cl2N/c13-7-1-3-11-9(5-7)10-6-8(14)2-4-12(10)15-11/h1-6H/q+1. The molecule has 3 rings (SSSR count). The number of hydrogen-bond acceptors (Lipinski definition) is 0. The zero-order valence-corrected chi connectivity index (χ0v) is 9.18. The van der Waals surface area contributed by atoms with Gasteiger partial charge in [-0.15, -0.1) is 0 Å². The molecule has 15 heavy (non-hydrogen) atoms. The topological polar surface area (TPSA) is 14.1 Å². The average molecular weight is 235 g/mol. The lowest BCUT2D eigenvalue weighted by Crippen LogP contribution is -1.80. The zero-order valence-electron chi connectivity index (χ0n) is 7.67. The van der Waals surface area contributed by atoms with Gasteiger partial charge in [0, 0.05) is 22.2 Å². The first kappa shape index (κ1) is 9.22. The van der Waals surface area contributed by atoms with Gasteiger partial charge in [0.2, 0.25) is 0 Å². The third-order valence-corrected chi connectivity index (χ3v) is 2.92. The Bertz CT molecular complexity index is 500. The summed E-state index contributed by atoms with van der Waals surface area (Å²) in [5.74, 6) is 0. The Morgan fingerprint density at radius 2 is 1.20 bits per heavy atom. The van der Waals surface area contributed by atoms with Gasteiger partial charge in [-0.05, 0) is 24.3 Å². The smallest absolute Gasteiger partial charge is 0.0843 e. The molecule has 1 aliphatic rings. The second kappa shape index (κ2) is 3.24. The van der Waals surface area contributed by atoms with E-state index in [1.165, 1.54) is 0 Å². The summed E-state index contributed by atoms with van der Waals surface area (Å²) in [7, 11) is 0. The zero-order chi connectivity index (χ0) is 10.4. The van der Waals surface area contributed by atoms with Crippen LogP contribution in [-0.4, -0.2) is 0 Å². The molecule has 1 aliphatic heterocycles. The van der Waals surface area contributed by atoms with Crippen LogP contribution in [0.15, 0.2) is 36.4 Å². The first-order valence-corrected chi connectivity index (χ1v) is 5.31. The molecule has 0 spiro atoms. The highest BCUT2D eigenvalue weighted by Gasteiger charge is 2.32. The van der Waals surface area contributed by atoms with E-state index in [1.807, 2.05) is 36.4 Å². The van der Waals surface area contributed by atoms with Crippen LogP contribution >= 0.6 is 23.2 Å². The van der Waals surface area contributed by atoms with Crippen molar-refractivity contribution in [2.75, 3.05) is 0 Å². The Morgan fingerprint density at radius 1 is 0.733 bits per heavy atom. The monoisotopic (exact) mass is 234 g/mol. The molecule has 0 N–H and O–H groups in total. The van der Waals surface area contributed by atoms with Gasteiger partial charge in [0.15, 0.2) is 0 Å². The Balaban J connectivity index is 2.28. The highest BCUT2D eigenvalue weighted by molar-refractivity contribution is 6.32. The molecule has 0 bridgehead atoms. The molecule has 1 heterocycles. The lowest BCUT2D eigenvalue weighted by atomic mass is 10.1. The Labute approximate surface area is 97.6 Å². The van der Waals surface area contributed by atoms with Gasteiger partial charge in [-0.1, -0.05) is 23.2 Å². The lowest BCUT2D eigenvalue weighted by Gasteiger charge is -1.94. The maximum Gasteiger partial charge on any atom is 0.261 e.